The molecule has 1 aromatic rings. The van der Waals surface area contributed by atoms with Crippen molar-refractivity contribution in [3.8, 4) is 0 Å². The lowest BCUT2D eigenvalue weighted by atomic mass is 9.77. The molecule has 1 saturated heterocycles. The minimum atomic E-state index is -3.52. The number of carbonyl (C=O) groups excluding carboxylic acids is 2. The summed E-state index contributed by atoms with van der Waals surface area (Å²) < 4.78 is 26.8. The van der Waals surface area contributed by atoms with Crippen molar-refractivity contribution in [3.63, 3.8) is 0 Å². The molecule has 0 spiro atoms. The summed E-state index contributed by atoms with van der Waals surface area (Å²) in [7, 11) is -3.52. The first-order valence-corrected chi connectivity index (χ1v) is 12.5. The zero-order valence-corrected chi connectivity index (χ0v) is 18.5. The molecule has 2 aliphatic heterocycles. The van der Waals surface area contributed by atoms with E-state index in [1.54, 1.807) is 6.08 Å². The molecule has 2 heterocycles. The summed E-state index contributed by atoms with van der Waals surface area (Å²) in [6, 6.07) is 5.92. The van der Waals surface area contributed by atoms with Gasteiger partial charge in [0.2, 0.25) is 10.0 Å². The van der Waals surface area contributed by atoms with Gasteiger partial charge in [-0.25, -0.2) is 13.4 Å². The number of benzene rings is 1. The van der Waals surface area contributed by atoms with E-state index >= 15 is 0 Å². The van der Waals surface area contributed by atoms with Gasteiger partial charge < -0.3 is 5.32 Å². The van der Waals surface area contributed by atoms with Gasteiger partial charge in [-0.1, -0.05) is 6.08 Å². The summed E-state index contributed by atoms with van der Waals surface area (Å²) in [6.07, 6.45) is 11.2. The molecule has 0 aromatic heterocycles. The quantitative estimate of drug-likeness (QED) is 0.764. The predicted molar refractivity (Wildman–Crippen MR) is 121 cm³/mol. The summed E-state index contributed by atoms with van der Waals surface area (Å²) in [6.45, 7) is 1.07. The van der Waals surface area contributed by atoms with Crippen molar-refractivity contribution in [2.75, 3.05) is 13.1 Å². The molecule has 1 atom stereocenters. The first kappa shape index (κ1) is 21.0. The number of nitrogens with one attached hydrogen (secondary N) is 1. The van der Waals surface area contributed by atoms with Gasteiger partial charge in [0.05, 0.1) is 10.6 Å². The number of aliphatic imine (C=N–C) groups is 1. The summed E-state index contributed by atoms with van der Waals surface area (Å²) in [5.41, 5.74) is 3.63. The molecule has 1 fully saturated rings. The average molecular weight is 452 g/mol. The van der Waals surface area contributed by atoms with E-state index in [0.29, 0.717) is 24.4 Å². The number of hydrogen-bond acceptors (Lipinski definition) is 4. The molecule has 2 aliphatic carbocycles. The minimum absolute atomic E-state index is 0.0435. The number of fused-ring (bicyclic) bond motifs is 2. The van der Waals surface area contributed by atoms with E-state index in [0.717, 1.165) is 49.8 Å². The number of allylic oxidation sites excluding steroid dienone is 3. The number of rotatable bonds is 3. The van der Waals surface area contributed by atoms with Crippen molar-refractivity contribution in [1.82, 2.24) is 9.62 Å². The zero-order valence-electron chi connectivity index (χ0n) is 17.7. The monoisotopic (exact) mass is 451 g/mol. The maximum absolute atomic E-state index is 12.7. The van der Waals surface area contributed by atoms with E-state index in [2.05, 4.69) is 10.3 Å². The summed E-state index contributed by atoms with van der Waals surface area (Å²) in [5.74, 6) is -0.449. The fourth-order valence-corrected chi connectivity index (χ4v) is 6.37. The average Bonchev–Trinajstić information content (AvgIpc) is 3.35. The molecule has 0 radical (unpaired) electrons. The van der Waals surface area contributed by atoms with Crippen LogP contribution in [0.3, 0.4) is 0 Å². The van der Waals surface area contributed by atoms with E-state index in [1.165, 1.54) is 34.1 Å². The van der Waals surface area contributed by atoms with E-state index in [4.69, 9.17) is 0 Å². The third-order valence-electron chi connectivity index (χ3n) is 6.55. The van der Waals surface area contributed by atoms with Crippen LogP contribution in [0.4, 0.5) is 0 Å². The number of sulfonamides is 1. The summed E-state index contributed by atoms with van der Waals surface area (Å²) >= 11 is 0. The normalized spacial score (nSPS) is 24.8. The fourth-order valence-electron chi connectivity index (χ4n) is 4.85. The van der Waals surface area contributed by atoms with E-state index in [9.17, 15) is 18.0 Å². The highest BCUT2D eigenvalue weighted by Gasteiger charge is 2.33. The third kappa shape index (κ3) is 3.78. The highest BCUT2D eigenvalue weighted by Crippen LogP contribution is 2.38. The number of hydrogen-bond donors (Lipinski definition) is 1. The second-order valence-electron chi connectivity index (χ2n) is 8.58. The van der Waals surface area contributed by atoms with Gasteiger partial charge in [-0.15, -0.1) is 0 Å². The highest BCUT2D eigenvalue weighted by molar-refractivity contribution is 7.89. The van der Waals surface area contributed by atoms with Gasteiger partial charge in [0, 0.05) is 35.8 Å². The topological polar surface area (TPSA) is 95.9 Å². The molecule has 0 saturated carbocycles. The Morgan fingerprint density at radius 2 is 1.75 bits per heavy atom. The lowest BCUT2D eigenvalue weighted by molar-refractivity contribution is -0.117. The van der Waals surface area contributed by atoms with E-state index < -0.39 is 15.9 Å². The van der Waals surface area contributed by atoms with Crippen LogP contribution in [-0.2, 0) is 14.8 Å². The molecule has 1 unspecified atom stereocenters. The molecule has 0 bridgehead atoms. The van der Waals surface area contributed by atoms with Crippen LogP contribution in [0, 0.1) is 5.92 Å². The van der Waals surface area contributed by atoms with Crippen molar-refractivity contribution in [3.05, 3.63) is 64.9 Å². The Kier molecular flexibility index (Phi) is 5.43. The van der Waals surface area contributed by atoms with Crippen LogP contribution < -0.4 is 5.32 Å². The molecule has 32 heavy (non-hydrogen) atoms. The molecular weight excluding hydrogens is 426 g/mol. The van der Waals surface area contributed by atoms with Crippen LogP contribution in [0.25, 0.3) is 0 Å². The minimum Gasteiger partial charge on any atom is -0.325 e. The van der Waals surface area contributed by atoms with Gasteiger partial charge in [0.15, 0.2) is 0 Å². The standard InChI is InChI=1S/C24H25N3O4S/c28-23(16-7-10-18(11-8-16)32(30,31)27-13-3-4-14-27)25-17-9-12-20-19-5-1-2-6-21(19)24(29)26-22(20)15-17/h7-12,15,20H,1-6,13-14H2,(H,26,29). The van der Waals surface area contributed by atoms with Crippen molar-refractivity contribution in [2.45, 2.75) is 43.4 Å². The highest BCUT2D eigenvalue weighted by atomic mass is 32.2. The Hall–Kier alpha value is -2.84. The number of amides is 2. The van der Waals surface area contributed by atoms with Gasteiger partial charge in [0.1, 0.15) is 0 Å². The maximum Gasteiger partial charge on any atom is 0.277 e. The molecule has 8 heteroatoms. The second kappa shape index (κ2) is 8.26. The Bertz CT molecular complexity index is 1200. The first-order valence-electron chi connectivity index (χ1n) is 11.1. The number of nitrogens with zero attached hydrogens (tertiary/aromatic N) is 2. The molecule has 1 aromatic carbocycles. The van der Waals surface area contributed by atoms with Crippen LogP contribution in [0.1, 0.15) is 48.9 Å². The van der Waals surface area contributed by atoms with Crippen LogP contribution in [0.15, 0.2) is 69.2 Å². The smallest absolute Gasteiger partial charge is 0.277 e. The third-order valence-corrected chi connectivity index (χ3v) is 8.46. The zero-order chi connectivity index (χ0) is 22.3. The summed E-state index contributed by atoms with van der Waals surface area (Å²) in [4.78, 5) is 29.5. The molecular formula is C24H25N3O4S. The fraction of sp³-hybridized carbons (Fsp3) is 0.375. The van der Waals surface area contributed by atoms with Gasteiger partial charge in [0.25, 0.3) is 11.8 Å². The molecule has 1 N–H and O–H groups in total. The van der Waals surface area contributed by atoms with Crippen LogP contribution in [0.5, 0.6) is 0 Å². The van der Waals surface area contributed by atoms with Gasteiger partial charge >= 0.3 is 0 Å². The Morgan fingerprint density at radius 3 is 2.50 bits per heavy atom. The van der Waals surface area contributed by atoms with Gasteiger partial charge in [-0.2, -0.15) is 4.31 Å². The lowest BCUT2D eigenvalue weighted by Crippen LogP contribution is -2.37. The SMILES string of the molecule is O=C1NC2=CC(=NC(=O)c3ccc(S(=O)(=O)N4CCCC4)cc3)C=CC2C2=C1CCCC2. The Labute approximate surface area is 187 Å². The van der Waals surface area contributed by atoms with Crippen molar-refractivity contribution in [2.24, 2.45) is 10.9 Å². The van der Waals surface area contributed by atoms with Crippen LogP contribution in [0.2, 0.25) is 0 Å². The maximum atomic E-state index is 12.7. The number of carbonyl (C=O) groups is 2. The van der Waals surface area contributed by atoms with Crippen molar-refractivity contribution >= 4 is 27.5 Å². The Morgan fingerprint density at radius 1 is 1.03 bits per heavy atom. The molecule has 166 valence electrons. The van der Waals surface area contributed by atoms with Crippen molar-refractivity contribution in [1.29, 1.82) is 0 Å². The predicted octanol–water partition coefficient (Wildman–Crippen LogP) is 3.12. The first-order chi connectivity index (χ1) is 15.4. The molecule has 2 amide bonds. The summed E-state index contributed by atoms with van der Waals surface area (Å²) in [5, 5.41) is 2.96. The Balaban J connectivity index is 1.35. The van der Waals surface area contributed by atoms with E-state index in [-0.39, 0.29) is 16.7 Å². The van der Waals surface area contributed by atoms with Crippen LogP contribution >= 0.6 is 0 Å². The second-order valence-corrected chi connectivity index (χ2v) is 10.5. The van der Waals surface area contributed by atoms with Crippen molar-refractivity contribution < 1.29 is 18.0 Å². The van der Waals surface area contributed by atoms with Gasteiger partial charge in [-0.3, -0.25) is 9.59 Å². The largest absolute Gasteiger partial charge is 0.325 e. The van der Waals surface area contributed by atoms with Crippen LogP contribution in [-0.4, -0.2) is 43.3 Å². The molecule has 4 aliphatic rings. The van der Waals surface area contributed by atoms with E-state index in [1.807, 2.05) is 12.2 Å². The molecule has 7 nitrogen and oxygen atoms in total. The lowest BCUT2D eigenvalue weighted by Gasteiger charge is -2.33. The van der Waals surface area contributed by atoms with Gasteiger partial charge in [-0.05, 0) is 80.5 Å². The molecule has 5 rings (SSSR count).